The SMILES string of the molecule is Cc1ccc(C(C)n2c(=S)[nH]c3cc(I)ccc32)cc1. The predicted molar refractivity (Wildman–Crippen MR) is 94.8 cm³/mol. The molecule has 0 amide bonds. The fraction of sp³-hybridized carbons (Fsp3) is 0.188. The molecular weight excluding hydrogens is 379 g/mol. The predicted octanol–water partition coefficient (Wildman–Crippen LogP) is 5.22. The second kappa shape index (κ2) is 5.33. The van der Waals surface area contributed by atoms with Gasteiger partial charge in [0.15, 0.2) is 4.77 Å². The first-order valence-corrected chi connectivity index (χ1v) is 8.01. The van der Waals surface area contributed by atoms with Gasteiger partial charge >= 0.3 is 0 Å². The molecule has 4 heteroatoms. The second-order valence-corrected chi connectivity index (χ2v) is 6.68. The van der Waals surface area contributed by atoms with Gasteiger partial charge in [-0.05, 0) is 72.4 Å². The Morgan fingerprint density at radius 2 is 1.85 bits per heavy atom. The molecule has 0 spiro atoms. The minimum absolute atomic E-state index is 0.219. The van der Waals surface area contributed by atoms with Crippen LogP contribution in [0.25, 0.3) is 11.0 Å². The second-order valence-electron chi connectivity index (χ2n) is 5.05. The van der Waals surface area contributed by atoms with Crippen molar-refractivity contribution in [3.05, 3.63) is 61.9 Å². The van der Waals surface area contributed by atoms with Gasteiger partial charge in [0.25, 0.3) is 0 Å². The van der Waals surface area contributed by atoms with E-state index in [-0.39, 0.29) is 6.04 Å². The normalized spacial score (nSPS) is 12.8. The van der Waals surface area contributed by atoms with Gasteiger partial charge in [0.1, 0.15) is 0 Å². The molecule has 3 aromatic rings. The van der Waals surface area contributed by atoms with E-state index >= 15 is 0 Å². The molecular formula is C16H15IN2S. The highest BCUT2D eigenvalue weighted by Gasteiger charge is 2.13. The molecule has 20 heavy (non-hydrogen) atoms. The van der Waals surface area contributed by atoms with Gasteiger partial charge in [0.2, 0.25) is 0 Å². The summed E-state index contributed by atoms with van der Waals surface area (Å²) in [6, 6.07) is 15.2. The maximum Gasteiger partial charge on any atom is 0.178 e. The smallest absolute Gasteiger partial charge is 0.178 e. The number of fused-ring (bicyclic) bond motifs is 1. The monoisotopic (exact) mass is 394 g/mol. The van der Waals surface area contributed by atoms with Crippen molar-refractivity contribution >= 4 is 45.8 Å². The van der Waals surface area contributed by atoms with Gasteiger partial charge in [-0.2, -0.15) is 0 Å². The van der Waals surface area contributed by atoms with Crippen LogP contribution in [0, 0.1) is 15.3 Å². The van der Waals surface area contributed by atoms with Gasteiger partial charge in [0.05, 0.1) is 17.1 Å². The van der Waals surface area contributed by atoms with Gasteiger partial charge in [0, 0.05) is 3.57 Å². The average Bonchev–Trinajstić information content (AvgIpc) is 2.73. The number of nitrogens with one attached hydrogen (secondary N) is 1. The molecule has 0 saturated carbocycles. The number of hydrogen-bond acceptors (Lipinski definition) is 1. The van der Waals surface area contributed by atoms with E-state index in [9.17, 15) is 0 Å². The van der Waals surface area contributed by atoms with E-state index in [1.807, 2.05) is 0 Å². The minimum Gasteiger partial charge on any atom is -0.331 e. The molecule has 2 nitrogen and oxygen atoms in total. The quantitative estimate of drug-likeness (QED) is 0.467. The summed E-state index contributed by atoms with van der Waals surface area (Å²) >= 11 is 7.82. The first kappa shape index (κ1) is 13.8. The van der Waals surface area contributed by atoms with Gasteiger partial charge in [-0.3, -0.25) is 0 Å². The minimum atomic E-state index is 0.219. The molecule has 0 bridgehead atoms. The third kappa shape index (κ3) is 2.42. The molecule has 1 N–H and O–H groups in total. The molecule has 0 aliphatic heterocycles. The highest BCUT2D eigenvalue weighted by atomic mass is 127. The Balaban J connectivity index is 2.16. The summed E-state index contributed by atoms with van der Waals surface area (Å²) in [7, 11) is 0. The molecule has 2 aromatic carbocycles. The fourth-order valence-electron chi connectivity index (χ4n) is 2.48. The van der Waals surface area contributed by atoms with Crippen molar-refractivity contribution < 1.29 is 0 Å². The van der Waals surface area contributed by atoms with E-state index in [1.54, 1.807) is 0 Å². The van der Waals surface area contributed by atoms with Crippen LogP contribution in [-0.2, 0) is 0 Å². The first-order chi connectivity index (χ1) is 9.56. The van der Waals surface area contributed by atoms with Crippen molar-refractivity contribution in [1.29, 1.82) is 0 Å². The van der Waals surface area contributed by atoms with E-state index in [1.165, 1.54) is 14.7 Å². The number of halogens is 1. The van der Waals surface area contributed by atoms with Gasteiger partial charge < -0.3 is 9.55 Å². The molecule has 0 radical (unpaired) electrons. The van der Waals surface area contributed by atoms with Crippen molar-refractivity contribution in [3.63, 3.8) is 0 Å². The lowest BCUT2D eigenvalue weighted by Crippen LogP contribution is -2.06. The molecule has 1 aromatic heterocycles. The lowest BCUT2D eigenvalue weighted by Gasteiger charge is -2.15. The Labute approximate surface area is 137 Å². The molecule has 1 atom stereocenters. The number of hydrogen-bond donors (Lipinski definition) is 1. The average molecular weight is 394 g/mol. The van der Waals surface area contributed by atoms with Crippen LogP contribution in [0.3, 0.4) is 0 Å². The van der Waals surface area contributed by atoms with Crippen LogP contribution in [0.15, 0.2) is 42.5 Å². The van der Waals surface area contributed by atoms with Crippen LogP contribution in [-0.4, -0.2) is 9.55 Å². The number of aryl methyl sites for hydroxylation is 1. The zero-order chi connectivity index (χ0) is 14.3. The number of aromatic nitrogens is 2. The Morgan fingerprint density at radius 3 is 2.55 bits per heavy atom. The Bertz CT molecular complexity index is 815. The standard InChI is InChI=1S/C16H15IN2S/c1-10-3-5-12(6-4-10)11(2)19-15-8-7-13(17)9-14(15)18-16(19)20/h3-9,11H,1-2H3,(H,18,20). The van der Waals surface area contributed by atoms with Crippen LogP contribution in [0.2, 0.25) is 0 Å². The maximum atomic E-state index is 5.50. The van der Waals surface area contributed by atoms with Gasteiger partial charge in [-0.25, -0.2) is 0 Å². The van der Waals surface area contributed by atoms with Crippen LogP contribution in [0.4, 0.5) is 0 Å². The molecule has 0 fully saturated rings. The van der Waals surface area contributed by atoms with Gasteiger partial charge in [-0.1, -0.05) is 29.8 Å². The molecule has 0 saturated heterocycles. The van der Waals surface area contributed by atoms with Crippen molar-refractivity contribution in [2.24, 2.45) is 0 Å². The van der Waals surface area contributed by atoms with Crippen LogP contribution >= 0.6 is 34.8 Å². The Hall–Kier alpha value is -1.14. The van der Waals surface area contributed by atoms with Crippen molar-refractivity contribution in [1.82, 2.24) is 9.55 Å². The number of nitrogens with zero attached hydrogens (tertiary/aromatic N) is 1. The number of imidazole rings is 1. The molecule has 1 heterocycles. The van der Waals surface area contributed by atoms with Crippen molar-refractivity contribution in [2.45, 2.75) is 19.9 Å². The zero-order valence-electron chi connectivity index (χ0n) is 11.4. The van der Waals surface area contributed by atoms with Crippen molar-refractivity contribution in [3.8, 4) is 0 Å². The number of H-pyrrole nitrogens is 1. The van der Waals surface area contributed by atoms with Gasteiger partial charge in [-0.15, -0.1) is 0 Å². The lowest BCUT2D eigenvalue weighted by atomic mass is 10.1. The van der Waals surface area contributed by atoms with E-state index < -0.39 is 0 Å². The molecule has 102 valence electrons. The summed E-state index contributed by atoms with van der Waals surface area (Å²) in [5, 5.41) is 0. The number of rotatable bonds is 2. The summed E-state index contributed by atoms with van der Waals surface area (Å²) in [5.74, 6) is 0. The molecule has 1 unspecified atom stereocenters. The maximum absolute atomic E-state index is 5.50. The molecule has 0 aliphatic carbocycles. The lowest BCUT2D eigenvalue weighted by molar-refractivity contribution is 0.649. The van der Waals surface area contributed by atoms with E-state index in [0.29, 0.717) is 0 Å². The molecule has 0 aliphatic rings. The van der Waals surface area contributed by atoms with Crippen LogP contribution < -0.4 is 0 Å². The number of benzene rings is 2. The highest BCUT2D eigenvalue weighted by molar-refractivity contribution is 14.1. The van der Waals surface area contributed by atoms with E-state index in [0.717, 1.165) is 15.8 Å². The summed E-state index contributed by atoms with van der Waals surface area (Å²) in [6.45, 7) is 4.29. The van der Waals surface area contributed by atoms with Crippen LogP contribution in [0.1, 0.15) is 24.1 Å². The Kier molecular flexibility index (Phi) is 3.69. The number of aromatic amines is 1. The van der Waals surface area contributed by atoms with Crippen molar-refractivity contribution in [2.75, 3.05) is 0 Å². The summed E-state index contributed by atoms with van der Waals surface area (Å²) in [4.78, 5) is 3.30. The first-order valence-electron chi connectivity index (χ1n) is 6.52. The van der Waals surface area contributed by atoms with E-state index in [2.05, 4.69) is 88.5 Å². The molecule has 3 rings (SSSR count). The third-order valence-electron chi connectivity index (χ3n) is 3.63. The topological polar surface area (TPSA) is 20.7 Å². The summed E-state index contributed by atoms with van der Waals surface area (Å²) in [5.41, 5.74) is 4.80. The highest BCUT2D eigenvalue weighted by Crippen LogP contribution is 2.25. The fourth-order valence-corrected chi connectivity index (χ4v) is 3.34. The third-order valence-corrected chi connectivity index (χ3v) is 4.60. The zero-order valence-corrected chi connectivity index (χ0v) is 14.3. The summed E-state index contributed by atoms with van der Waals surface area (Å²) in [6.07, 6.45) is 0. The Morgan fingerprint density at radius 1 is 1.15 bits per heavy atom. The van der Waals surface area contributed by atoms with E-state index in [4.69, 9.17) is 12.2 Å². The summed E-state index contributed by atoms with van der Waals surface area (Å²) < 4.78 is 4.17. The largest absolute Gasteiger partial charge is 0.331 e. The van der Waals surface area contributed by atoms with Crippen LogP contribution in [0.5, 0.6) is 0 Å².